The largest absolute Gasteiger partial charge is 0.458 e. The minimum atomic E-state index is -0.543. The first kappa shape index (κ1) is 28.8. The first-order valence-corrected chi connectivity index (χ1v) is 12.5. The van der Waals surface area contributed by atoms with E-state index in [1.807, 2.05) is 13.8 Å². The van der Waals surface area contributed by atoms with Crippen molar-refractivity contribution in [2.75, 3.05) is 39.3 Å². The molecule has 1 fully saturated rings. The highest BCUT2D eigenvalue weighted by atomic mass is 16.6. The Hall–Kier alpha value is -3.76. The lowest BCUT2D eigenvalue weighted by Crippen LogP contribution is -2.50. The van der Waals surface area contributed by atoms with Crippen molar-refractivity contribution in [3.8, 4) is 11.5 Å². The number of ether oxygens (including phenoxy) is 4. The molecule has 3 rings (SSSR count). The van der Waals surface area contributed by atoms with Crippen molar-refractivity contribution in [1.29, 1.82) is 0 Å². The second-order valence-corrected chi connectivity index (χ2v) is 9.21. The van der Waals surface area contributed by atoms with Crippen LogP contribution in [0, 0.1) is 0 Å². The first-order chi connectivity index (χ1) is 18.1. The molecule has 2 atom stereocenters. The number of carbonyl (C=O) groups is 4. The predicted molar refractivity (Wildman–Crippen MR) is 138 cm³/mol. The molecule has 0 aliphatic carbocycles. The maximum Gasteiger partial charge on any atom is 0.342 e. The monoisotopic (exact) mass is 526 g/mol. The Morgan fingerprint density at radius 3 is 1.34 bits per heavy atom. The molecule has 2 aromatic carbocycles. The van der Waals surface area contributed by atoms with Gasteiger partial charge in [-0.05, 0) is 38.1 Å². The van der Waals surface area contributed by atoms with E-state index in [4.69, 9.17) is 18.9 Å². The molecule has 1 heterocycles. The zero-order chi connectivity index (χ0) is 27.7. The number of nitrogens with zero attached hydrogens (tertiary/aromatic N) is 2. The average Bonchev–Trinajstić information content (AvgIpc) is 2.85. The maximum atomic E-state index is 12.6. The molecule has 1 aliphatic heterocycles. The van der Waals surface area contributed by atoms with Gasteiger partial charge in [-0.25, -0.2) is 9.59 Å². The molecule has 10 nitrogen and oxygen atoms in total. The molecule has 0 aromatic heterocycles. The zero-order valence-corrected chi connectivity index (χ0v) is 22.2. The number of piperazine rings is 1. The topological polar surface area (TPSA) is 112 Å². The lowest BCUT2D eigenvalue weighted by Gasteiger charge is -2.36. The summed E-state index contributed by atoms with van der Waals surface area (Å²) in [4.78, 5) is 52.3. The number of hydrogen-bond acceptors (Lipinski definition) is 10. The van der Waals surface area contributed by atoms with Crippen LogP contribution < -0.4 is 9.47 Å². The summed E-state index contributed by atoms with van der Waals surface area (Å²) in [5.41, 5.74) is 0.414. The smallest absolute Gasteiger partial charge is 0.342 e. The SMILES string of the molecule is CC(=O)Oc1ccccc1C(=O)OC(C)CN1CCN(CC(C)OC(=O)c2ccccc2OC(C)=O)CC1. The average molecular weight is 527 g/mol. The Bertz CT molecular complexity index is 1050. The van der Waals surface area contributed by atoms with Crippen LogP contribution in [-0.2, 0) is 19.1 Å². The van der Waals surface area contributed by atoms with E-state index in [0.717, 1.165) is 26.2 Å². The highest BCUT2D eigenvalue weighted by Crippen LogP contribution is 2.21. The van der Waals surface area contributed by atoms with Crippen molar-refractivity contribution in [2.24, 2.45) is 0 Å². The number of esters is 4. The zero-order valence-electron chi connectivity index (χ0n) is 22.2. The second kappa shape index (κ2) is 13.7. The quantitative estimate of drug-likeness (QED) is 0.338. The molecule has 0 bridgehead atoms. The van der Waals surface area contributed by atoms with Gasteiger partial charge in [0, 0.05) is 53.1 Å². The summed E-state index contributed by atoms with van der Waals surface area (Å²) in [6.45, 7) is 10.4. The summed E-state index contributed by atoms with van der Waals surface area (Å²) < 4.78 is 21.4. The van der Waals surface area contributed by atoms with Gasteiger partial charge in [0.1, 0.15) is 34.8 Å². The van der Waals surface area contributed by atoms with E-state index in [-0.39, 0.29) is 34.8 Å². The summed E-state index contributed by atoms with van der Waals surface area (Å²) >= 11 is 0. The standard InChI is InChI=1S/C28H34N2O8/c1-19(35-27(33)23-9-5-7-11-25(23)37-21(3)31)17-29-13-15-30(16-14-29)18-20(2)36-28(34)24-10-6-8-12-26(24)38-22(4)32/h5-12,19-20H,13-18H2,1-4H3. The fraction of sp³-hybridized carbons (Fsp3) is 0.429. The number of rotatable bonds is 10. The van der Waals surface area contributed by atoms with Crippen LogP contribution in [0.3, 0.4) is 0 Å². The fourth-order valence-electron chi connectivity index (χ4n) is 4.21. The molecule has 38 heavy (non-hydrogen) atoms. The molecule has 2 aromatic rings. The van der Waals surface area contributed by atoms with Gasteiger partial charge in [0.2, 0.25) is 0 Å². The molecule has 1 saturated heterocycles. The Kier molecular flexibility index (Phi) is 10.4. The van der Waals surface area contributed by atoms with Crippen LogP contribution in [0.1, 0.15) is 48.4 Å². The van der Waals surface area contributed by atoms with Crippen molar-refractivity contribution in [1.82, 2.24) is 9.80 Å². The third kappa shape index (κ3) is 8.67. The van der Waals surface area contributed by atoms with Crippen molar-refractivity contribution >= 4 is 23.9 Å². The van der Waals surface area contributed by atoms with E-state index in [0.29, 0.717) is 13.1 Å². The van der Waals surface area contributed by atoms with Gasteiger partial charge in [-0.1, -0.05) is 24.3 Å². The van der Waals surface area contributed by atoms with Crippen molar-refractivity contribution in [2.45, 2.75) is 39.9 Å². The van der Waals surface area contributed by atoms with Crippen molar-refractivity contribution in [3.05, 3.63) is 59.7 Å². The van der Waals surface area contributed by atoms with Crippen LogP contribution in [0.5, 0.6) is 11.5 Å². The van der Waals surface area contributed by atoms with Gasteiger partial charge in [-0.2, -0.15) is 0 Å². The lowest BCUT2D eigenvalue weighted by atomic mass is 10.2. The Labute approximate surface area is 222 Å². The third-order valence-electron chi connectivity index (χ3n) is 5.83. The molecule has 2 unspecified atom stereocenters. The van der Waals surface area contributed by atoms with Crippen molar-refractivity contribution < 1.29 is 38.1 Å². The maximum absolute atomic E-state index is 12.6. The second-order valence-electron chi connectivity index (χ2n) is 9.21. The van der Waals surface area contributed by atoms with Crippen LogP contribution in [0.2, 0.25) is 0 Å². The molecule has 0 N–H and O–H groups in total. The van der Waals surface area contributed by atoms with E-state index in [1.54, 1.807) is 48.5 Å². The molecule has 10 heteroatoms. The molecular formula is C28H34N2O8. The minimum Gasteiger partial charge on any atom is -0.458 e. The van der Waals surface area contributed by atoms with E-state index in [2.05, 4.69) is 9.80 Å². The Balaban J connectivity index is 1.43. The van der Waals surface area contributed by atoms with Gasteiger partial charge >= 0.3 is 23.9 Å². The van der Waals surface area contributed by atoms with E-state index < -0.39 is 23.9 Å². The van der Waals surface area contributed by atoms with Gasteiger partial charge in [0.05, 0.1) is 0 Å². The Morgan fingerprint density at radius 1 is 0.658 bits per heavy atom. The summed E-state index contributed by atoms with van der Waals surface area (Å²) in [6.07, 6.45) is -0.729. The van der Waals surface area contributed by atoms with Gasteiger partial charge in [0.15, 0.2) is 0 Å². The van der Waals surface area contributed by atoms with Gasteiger partial charge in [-0.3, -0.25) is 19.4 Å². The summed E-state index contributed by atoms with van der Waals surface area (Å²) in [6, 6.07) is 13.0. The van der Waals surface area contributed by atoms with E-state index in [1.165, 1.54) is 13.8 Å². The van der Waals surface area contributed by atoms with E-state index >= 15 is 0 Å². The van der Waals surface area contributed by atoms with Crippen LogP contribution >= 0.6 is 0 Å². The molecular weight excluding hydrogens is 492 g/mol. The highest BCUT2D eigenvalue weighted by Gasteiger charge is 2.24. The number of hydrogen-bond donors (Lipinski definition) is 0. The molecule has 204 valence electrons. The highest BCUT2D eigenvalue weighted by molar-refractivity contribution is 5.94. The van der Waals surface area contributed by atoms with Crippen LogP contribution in [0.25, 0.3) is 0 Å². The summed E-state index contributed by atoms with van der Waals surface area (Å²) in [7, 11) is 0. The Morgan fingerprint density at radius 2 is 1.00 bits per heavy atom. The first-order valence-electron chi connectivity index (χ1n) is 12.5. The number of carbonyl (C=O) groups excluding carboxylic acids is 4. The normalized spacial score (nSPS) is 15.7. The summed E-state index contributed by atoms with van der Waals surface area (Å²) in [5.74, 6) is -1.75. The van der Waals surface area contributed by atoms with Gasteiger partial charge in [0.25, 0.3) is 0 Å². The van der Waals surface area contributed by atoms with Crippen molar-refractivity contribution in [3.63, 3.8) is 0 Å². The molecule has 0 saturated carbocycles. The minimum absolute atomic E-state index is 0.176. The molecule has 0 amide bonds. The lowest BCUT2D eigenvalue weighted by molar-refractivity contribution is -0.132. The fourth-order valence-corrected chi connectivity index (χ4v) is 4.21. The van der Waals surface area contributed by atoms with Gasteiger partial charge in [-0.15, -0.1) is 0 Å². The van der Waals surface area contributed by atoms with E-state index in [9.17, 15) is 19.2 Å². The summed E-state index contributed by atoms with van der Waals surface area (Å²) in [5, 5.41) is 0. The molecule has 0 spiro atoms. The predicted octanol–water partition coefficient (Wildman–Crippen LogP) is 2.95. The van der Waals surface area contributed by atoms with Gasteiger partial charge < -0.3 is 18.9 Å². The number of para-hydroxylation sites is 2. The van der Waals surface area contributed by atoms with Crippen LogP contribution in [-0.4, -0.2) is 85.2 Å². The van der Waals surface area contributed by atoms with Crippen LogP contribution in [0.15, 0.2) is 48.5 Å². The van der Waals surface area contributed by atoms with Crippen LogP contribution in [0.4, 0.5) is 0 Å². The number of benzene rings is 2. The third-order valence-corrected chi connectivity index (χ3v) is 5.83. The molecule has 0 radical (unpaired) electrons. The molecule has 1 aliphatic rings.